The van der Waals surface area contributed by atoms with Crippen molar-refractivity contribution in [2.75, 3.05) is 0 Å². The number of fused-ring (bicyclic) bond motifs is 7. The maximum atomic E-state index is 5.61. The Hall–Kier alpha value is -0.790. The normalized spacial score (nSPS) is 57.1. The first-order valence-electron chi connectivity index (χ1n) is 5.73. The van der Waals surface area contributed by atoms with E-state index in [2.05, 4.69) is 24.2 Å². The van der Waals surface area contributed by atoms with E-state index in [0.29, 0.717) is 12.0 Å². The summed E-state index contributed by atoms with van der Waals surface area (Å²) >= 11 is 0. The molecule has 0 aromatic rings. The zero-order valence-electron chi connectivity index (χ0n) is 8.39. The highest BCUT2D eigenvalue weighted by Gasteiger charge is 2.58. The largest absolute Gasteiger partial charge is 0.392 e. The van der Waals surface area contributed by atoms with Crippen LogP contribution >= 0.6 is 0 Å². The second-order valence-electron chi connectivity index (χ2n) is 5.33. The highest BCUT2D eigenvalue weighted by atomic mass is 16.6. The van der Waals surface area contributed by atoms with Crippen molar-refractivity contribution >= 4 is 5.71 Å². The molecule has 2 fully saturated rings. The molecule has 0 radical (unpaired) electrons. The minimum atomic E-state index is 0.431. The summed E-state index contributed by atoms with van der Waals surface area (Å²) in [6.45, 7) is 2.13. The lowest BCUT2D eigenvalue weighted by atomic mass is 9.85. The van der Waals surface area contributed by atoms with E-state index in [9.17, 15) is 0 Å². The second kappa shape index (κ2) is 2.23. The van der Waals surface area contributed by atoms with Crippen LogP contribution in [0.4, 0.5) is 0 Å². The van der Waals surface area contributed by atoms with Gasteiger partial charge in [-0.3, -0.25) is 0 Å². The van der Waals surface area contributed by atoms with Gasteiger partial charge in [-0.25, -0.2) is 0 Å². The minimum absolute atomic E-state index is 0.431. The second-order valence-corrected chi connectivity index (χ2v) is 5.33. The van der Waals surface area contributed by atoms with Crippen molar-refractivity contribution < 1.29 is 4.84 Å². The molecule has 2 bridgehead atoms. The molecule has 2 saturated carbocycles. The number of oxime groups is 1. The minimum Gasteiger partial charge on any atom is -0.392 e. The van der Waals surface area contributed by atoms with Crippen LogP contribution in [0.1, 0.15) is 19.8 Å². The molecule has 6 unspecified atom stereocenters. The van der Waals surface area contributed by atoms with Crippen LogP contribution in [0.2, 0.25) is 0 Å². The third-order valence-corrected chi connectivity index (χ3v) is 4.85. The Labute approximate surface area is 84.0 Å². The maximum absolute atomic E-state index is 5.61. The van der Waals surface area contributed by atoms with Crippen molar-refractivity contribution in [1.82, 2.24) is 0 Å². The molecule has 6 atom stereocenters. The van der Waals surface area contributed by atoms with Gasteiger partial charge in [-0.15, -0.1) is 0 Å². The lowest BCUT2D eigenvalue weighted by Crippen LogP contribution is -2.26. The SMILES string of the molecule is CC1=NOC2C1CC1C3C=CC(C3)C12. The monoisotopic (exact) mass is 189 g/mol. The standard InChI is InChI=1S/C12H15NO/c1-6-9-5-10-7-2-3-8(4-7)11(10)12(9)14-13-6/h2-3,7-12H,4-5H2,1H3. The molecule has 1 aliphatic heterocycles. The quantitative estimate of drug-likeness (QED) is 0.535. The lowest BCUT2D eigenvalue weighted by Gasteiger charge is -2.23. The molecule has 0 saturated heterocycles. The average Bonchev–Trinajstić information content (AvgIpc) is 2.85. The topological polar surface area (TPSA) is 21.6 Å². The summed E-state index contributed by atoms with van der Waals surface area (Å²) in [5.74, 6) is 4.02. The Kier molecular flexibility index (Phi) is 1.20. The number of hydrogen-bond donors (Lipinski definition) is 0. The van der Waals surface area contributed by atoms with Gasteiger partial charge in [0.25, 0.3) is 0 Å². The molecule has 3 aliphatic carbocycles. The molecule has 0 aromatic carbocycles. The molecule has 0 N–H and O–H groups in total. The van der Waals surface area contributed by atoms with E-state index in [4.69, 9.17) is 4.84 Å². The summed E-state index contributed by atoms with van der Waals surface area (Å²) in [5, 5.41) is 4.16. The molecule has 14 heavy (non-hydrogen) atoms. The Morgan fingerprint density at radius 3 is 3.07 bits per heavy atom. The van der Waals surface area contributed by atoms with E-state index in [1.807, 2.05) is 0 Å². The molecular weight excluding hydrogens is 174 g/mol. The first-order valence-corrected chi connectivity index (χ1v) is 5.73. The number of hydrogen-bond acceptors (Lipinski definition) is 2. The van der Waals surface area contributed by atoms with Crippen LogP contribution in [0.25, 0.3) is 0 Å². The predicted molar refractivity (Wildman–Crippen MR) is 53.8 cm³/mol. The van der Waals surface area contributed by atoms with Gasteiger partial charge in [0.15, 0.2) is 0 Å². The smallest absolute Gasteiger partial charge is 0.139 e. The summed E-state index contributed by atoms with van der Waals surface area (Å²) in [5.41, 5.74) is 1.24. The first-order chi connectivity index (χ1) is 6.84. The van der Waals surface area contributed by atoms with Gasteiger partial charge in [-0.1, -0.05) is 17.3 Å². The molecule has 1 heterocycles. The first kappa shape index (κ1) is 7.49. The van der Waals surface area contributed by atoms with Crippen molar-refractivity contribution in [3.05, 3.63) is 12.2 Å². The summed E-state index contributed by atoms with van der Waals surface area (Å²) < 4.78 is 0. The lowest BCUT2D eigenvalue weighted by molar-refractivity contribution is 0.0267. The molecular formula is C12H15NO. The van der Waals surface area contributed by atoms with Gasteiger partial charge in [-0.2, -0.15) is 0 Å². The molecule has 2 heteroatoms. The summed E-state index contributed by atoms with van der Waals surface area (Å²) in [7, 11) is 0. The number of rotatable bonds is 0. The Balaban J connectivity index is 1.73. The van der Waals surface area contributed by atoms with Crippen molar-refractivity contribution in [2.45, 2.75) is 25.9 Å². The third kappa shape index (κ3) is 0.688. The van der Waals surface area contributed by atoms with E-state index in [0.717, 1.165) is 23.7 Å². The summed E-state index contributed by atoms with van der Waals surface area (Å²) in [4.78, 5) is 5.61. The van der Waals surface area contributed by atoms with E-state index >= 15 is 0 Å². The fraction of sp³-hybridized carbons (Fsp3) is 0.750. The van der Waals surface area contributed by atoms with Gasteiger partial charge in [-0.05, 0) is 37.5 Å². The summed E-state index contributed by atoms with van der Waals surface area (Å²) in [6.07, 6.45) is 8.02. The average molecular weight is 189 g/mol. The highest BCUT2D eigenvalue weighted by molar-refractivity contribution is 5.86. The molecule has 4 rings (SSSR count). The van der Waals surface area contributed by atoms with Crippen molar-refractivity contribution in [3.63, 3.8) is 0 Å². The van der Waals surface area contributed by atoms with E-state index in [-0.39, 0.29) is 0 Å². The zero-order valence-corrected chi connectivity index (χ0v) is 8.39. The van der Waals surface area contributed by atoms with E-state index < -0.39 is 0 Å². The summed E-state index contributed by atoms with van der Waals surface area (Å²) in [6, 6.07) is 0. The van der Waals surface area contributed by atoms with Crippen LogP contribution < -0.4 is 0 Å². The molecule has 4 aliphatic rings. The van der Waals surface area contributed by atoms with Gasteiger partial charge >= 0.3 is 0 Å². The fourth-order valence-electron chi connectivity index (χ4n) is 4.24. The van der Waals surface area contributed by atoms with Gasteiger partial charge < -0.3 is 4.84 Å². The number of allylic oxidation sites excluding steroid dienone is 2. The van der Waals surface area contributed by atoms with Crippen molar-refractivity contribution in [2.24, 2.45) is 34.7 Å². The third-order valence-electron chi connectivity index (χ3n) is 4.85. The molecule has 74 valence electrons. The van der Waals surface area contributed by atoms with Crippen LogP contribution in [0.3, 0.4) is 0 Å². The maximum Gasteiger partial charge on any atom is 0.139 e. The Morgan fingerprint density at radius 2 is 2.14 bits per heavy atom. The molecule has 0 aromatic heterocycles. The Morgan fingerprint density at radius 1 is 1.29 bits per heavy atom. The van der Waals surface area contributed by atoms with Crippen LogP contribution in [-0.2, 0) is 4.84 Å². The predicted octanol–water partition coefficient (Wildman–Crippen LogP) is 2.22. The molecule has 0 amide bonds. The van der Waals surface area contributed by atoms with Crippen LogP contribution in [-0.4, -0.2) is 11.8 Å². The number of nitrogens with zero attached hydrogens (tertiary/aromatic N) is 1. The van der Waals surface area contributed by atoms with E-state index in [1.165, 1.54) is 18.6 Å². The highest BCUT2D eigenvalue weighted by Crippen LogP contribution is 2.59. The van der Waals surface area contributed by atoms with Gasteiger partial charge in [0.05, 0.1) is 5.71 Å². The zero-order chi connectivity index (χ0) is 9.28. The van der Waals surface area contributed by atoms with Gasteiger partial charge in [0.2, 0.25) is 0 Å². The van der Waals surface area contributed by atoms with Crippen molar-refractivity contribution in [3.8, 4) is 0 Å². The van der Waals surface area contributed by atoms with E-state index in [1.54, 1.807) is 0 Å². The Bertz CT molecular complexity index is 346. The molecule has 2 nitrogen and oxygen atoms in total. The van der Waals surface area contributed by atoms with Crippen LogP contribution in [0.15, 0.2) is 17.3 Å². The fourth-order valence-corrected chi connectivity index (χ4v) is 4.24. The molecule has 0 spiro atoms. The van der Waals surface area contributed by atoms with Crippen LogP contribution in [0, 0.1) is 29.6 Å². The van der Waals surface area contributed by atoms with Gasteiger partial charge in [0.1, 0.15) is 6.10 Å². The van der Waals surface area contributed by atoms with Crippen molar-refractivity contribution in [1.29, 1.82) is 0 Å². The van der Waals surface area contributed by atoms with Gasteiger partial charge in [0, 0.05) is 11.8 Å². The van der Waals surface area contributed by atoms with Crippen LogP contribution in [0.5, 0.6) is 0 Å².